The van der Waals surface area contributed by atoms with Gasteiger partial charge in [0.1, 0.15) is 5.75 Å². The Bertz CT molecular complexity index is 1030. The molecule has 0 fully saturated rings. The first-order valence-corrected chi connectivity index (χ1v) is 9.06. The summed E-state index contributed by atoms with van der Waals surface area (Å²) >= 11 is 0.978. The SMILES string of the molecule is COc1ccc(-c2csc(NC(=O)c3cc(C(F)(F)F)cc(C(F)(F)F)c3)n2)cc1. The Morgan fingerprint density at radius 3 is 2.03 bits per heavy atom. The molecule has 11 heteroatoms. The normalized spacial score (nSPS) is 12.0. The molecule has 1 amide bonds. The van der Waals surface area contributed by atoms with Gasteiger partial charge in [0.15, 0.2) is 5.13 Å². The highest BCUT2D eigenvalue weighted by molar-refractivity contribution is 7.14. The standard InChI is InChI=1S/C19H12F6N2O2S/c1-29-14-4-2-10(3-5-14)15-9-30-17(26-15)27-16(28)11-6-12(18(20,21)22)8-13(7-11)19(23,24)25/h2-9H,1H3,(H,26,27,28). The molecule has 4 nitrogen and oxygen atoms in total. The van der Waals surface area contributed by atoms with Crippen molar-refractivity contribution in [3.05, 3.63) is 64.5 Å². The van der Waals surface area contributed by atoms with Crippen molar-refractivity contribution in [1.82, 2.24) is 4.98 Å². The van der Waals surface area contributed by atoms with Gasteiger partial charge in [-0.2, -0.15) is 26.3 Å². The molecule has 0 saturated heterocycles. The maximum Gasteiger partial charge on any atom is 0.416 e. The maximum absolute atomic E-state index is 13.0. The number of methoxy groups -OCH3 is 1. The number of carbonyl (C=O) groups is 1. The Morgan fingerprint density at radius 2 is 1.53 bits per heavy atom. The average Bonchev–Trinajstić information content (AvgIpc) is 3.14. The number of hydrogen-bond acceptors (Lipinski definition) is 4. The van der Waals surface area contributed by atoms with E-state index in [2.05, 4.69) is 10.3 Å². The van der Waals surface area contributed by atoms with Gasteiger partial charge in [-0.05, 0) is 42.5 Å². The van der Waals surface area contributed by atoms with Crippen LogP contribution in [0.3, 0.4) is 0 Å². The van der Waals surface area contributed by atoms with Crippen molar-refractivity contribution in [3.8, 4) is 17.0 Å². The zero-order valence-corrected chi connectivity index (χ0v) is 15.9. The molecule has 0 bridgehead atoms. The van der Waals surface area contributed by atoms with Crippen molar-refractivity contribution in [1.29, 1.82) is 0 Å². The lowest BCUT2D eigenvalue weighted by molar-refractivity contribution is -0.143. The third kappa shape index (κ3) is 4.90. The molecule has 2 aromatic carbocycles. The monoisotopic (exact) mass is 446 g/mol. The highest BCUT2D eigenvalue weighted by Gasteiger charge is 2.37. The number of carbonyl (C=O) groups excluding carboxylic acids is 1. The quantitative estimate of drug-likeness (QED) is 0.492. The second kappa shape index (κ2) is 7.98. The van der Waals surface area contributed by atoms with E-state index in [1.807, 2.05) is 0 Å². The predicted molar refractivity (Wildman–Crippen MR) is 98.5 cm³/mol. The lowest BCUT2D eigenvalue weighted by atomic mass is 10.0. The molecule has 1 aromatic heterocycles. The Balaban J connectivity index is 1.86. The third-order valence-corrected chi connectivity index (χ3v) is 4.72. The summed E-state index contributed by atoms with van der Waals surface area (Å²) in [5.41, 5.74) is -2.76. The largest absolute Gasteiger partial charge is 0.497 e. The second-order valence-corrected chi connectivity index (χ2v) is 6.87. The van der Waals surface area contributed by atoms with Gasteiger partial charge in [-0.1, -0.05) is 0 Å². The molecule has 0 aliphatic heterocycles. The molecule has 158 valence electrons. The van der Waals surface area contributed by atoms with E-state index in [0.29, 0.717) is 29.1 Å². The minimum Gasteiger partial charge on any atom is -0.497 e. The van der Waals surface area contributed by atoms with Gasteiger partial charge in [0.25, 0.3) is 5.91 Å². The number of anilines is 1. The van der Waals surface area contributed by atoms with Crippen molar-refractivity contribution in [2.24, 2.45) is 0 Å². The number of rotatable bonds is 4. The number of halogens is 6. The number of nitrogens with one attached hydrogen (secondary N) is 1. The van der Waals surface area contributed by atoms with Gasteiger partial charge in [0.2, 0.25) is 0 Å². The summed E-state index contributed by atoms with van der Waals surface area (Å²) in [6.45, 7) is 0. The highest BCUT2D eigenvalue weighted by atomic mass is 32.1. The molecule has 3 aromatic rings. The molecule has 30 heavy (non-hydrogen) atoms. The number of hydrogen-bond donors (Lipinski definition) is 1. The van der Waals surface area contributed by atoms with E-state index in [-0.39, 0.29) is 11.2 Å². The van der Waals surface area contributed by atoms with Gasteiger partial charge in [-0.15, -0.1) is 11.3 Å². The minimum atomic E-state index is -5.04. The molecule has 0 aliphatic rings. The van der Waals surface area contributed by atoms with Crippen LogP contribution in [-0.2, 0) is 12.4 Å². The Labute approximate surface area is 170 Å². The summed E-state index contributed by atoms with van der Waals surface area (Å²) < 4.78 is 82.8. The molecule has 0 saturated carbocycles. The van der Waals surface area contributed by atoms with Crippen molar-refractivity contribution < 1.29 is 35.9 Å². The van der Waals surface area contributed by atoms with Crippen LogP contribution in [0.4, 0.5) is 31.5 Å². The highest BCUT2D eigenvalue weighted by Crippen LogP contribution is 2.36. The Morgan fingerprint density at radius 1 is 0.967 bits per heavy atom. The molecule has 0 unspecified atom stereocenters. The molecule has 0 radical (unpaired) electrons. The molecule has 0 atom stereocenters. The smallest absolute Gasteiger partial charge is 0.416 e. The number of thiazole rings is 1. The molecule has 0 aliphatic carbocycles. The van der Waals surface area contributed by atoms with E-state index < -0.39 is 35.0 Å². The van der Waals surface area contributed by atoms with Crippen LogP contribution < -0.4 is 10.1 Å². The van der Waals surface area contributed by atoms with Gasteiger partial charge < -0.3 is 4.74 Å². The average molecular weight is 446 g/mol. The van der Waals surface area contributed by atoms with Crippen LogP contribution in [0.15, 0.2) is 47.8 Å². The number of ether oxygens (including phenoxy) is 1. The van der Waals surface area contributed by atoms with E-state index in [1.54, 1.807) is 29.6 Å². The third-order valence-electron chi connectivity index (χ3n) is 3.96. The van der Waals surface area contributed by atoms with E-state index in [1.165, 1.54) is 7.11 Å². The van der Waals surface area contributed by atoms with Crippen LogP contribution in [0, 0.1) is 0 Å². The maximum atomic E-state index is 13.0. The lowest BCUT2D eigenvalue weighted by Gasteiger charge is -2.13. The predicted octanol–water partition coefficient (Wildman–Crippen LogP) is 6.11. The zero-order chi connectivity index (χ0) is 22.1. The van der Waals surface area contributed by atoms with E-state index >= 15 is 0 Å². The van der Waals surface area contributed by atoms with E-state index in [4.69, 9.17) is 4.74 Å². The number of nitrogens with zero attached hydrogens (tertiary/aromatic N) is 1. The van der Waals surface area contributed by atoms with Gasteiger partial charge in [-0.25, -0.2) is 4.98 Å². The molecule has 3 rings (SSSR count). The lowest BCUT2D eigenvalue weighted by Crippen LogP contribution is -2.17. The van der Waals surface area contributed by atoms with Gasteiger partial charge in [-0.3, -0.25) is 10.1 Å². The van der Waals surface area contributed by atoms with E-state index in [9.17, 15) is 31.1 Å². The summed E-state index contributed by atoms with van der Waals surface area (Å²) in [5.74, 6) is -0.519. The zero-order valence-electron chi connectivity index (χ0n) is 15.1. The van der Waals surface area contributed by atoms with Crippen molar-refractivity contribution in [2.75, 3.05) is 12.4 Å². The first-order valence-electron chi connectivity index (χ1n) is 8.18. The van der Waals surface area contributed by atoms with Crippen LogP contribution in [-0.4, -0.2) is 18.0 Å². The Kier molecular flexibility index (Phi) is 5.75. The summed E-state index contributed by atoms with van der Waals surface area (Å²) in [4.78, 5) is 16.5. The first kappa shape index (κ1) is 21.6. The minimum absolute atomic E-state index is 0.0248. The topological polar surface area (TPSA) is 51.2 Å². The molecule has 1 N–H and O–H groups in total. The van der Waals surface area contributed by atoms with Gasteiger partial charge in [0.05, 0.1) is 23.9 Å². The van der Waals surface area contributed by atoms with Gasteiger partial charge in [0, 0.05) is 16.5 Å². The fourth-order valence-electron chi connectivity index (χ4n) is 2.48. The number of amides is 1. The summed E-state index contributed by atoms with van der Waals surface area (Å²) in [6, 6.07) is 7.49. The molecular formula is C19H12F6N2O2S. The van der Waals surface area contributed by atoms with Crippen LogP contribution in [0.25, 0.3) is 11.3 Å². The summed E-state index contributed by atoms with van der Waals surface area (Å²) in [6.07, 6.45) is -10.1. The molecule has 1 heterocycles. The number of aromatic nitrogens is 1. The van der Waals surface area contributed by atoms with Crippen LogP contribution >= 0.6 is 11.3 Å². The summed E-state index contributed by atoms with van der Waals surface area (Å²) in [5, 5.41) is 3.85. The second-order valence-electron chi connectivity index (χ2n) is 6.02. The number of alkyl halides is 6. The molecular weight excluding hydrogens is 434 g/mol. The van der Waals surface area contributed by atoms with Gasteiger partial charge >= 0.3 is 12.4 Å². The fourth-order valence-corrected chi connectivity index (χ4v) is 3.20. The number of benzene rings is 2. The van der Waals surface area contributed by atoms with Crippen LogP contribution in [0.2, 0.25) is 0 Å². The summed E-state index contributed by atoms with van der Waals surface area (Å²) in [7, 11) is 1.50. The van der Waals surface area contributed by atoms with Crippen LogP contribution in [0.1, 0.15) is 21.5 Å². The van der Waals surface area contributed by atoms with Crippen molar-refractivity contribution in [2.45, 2.75) is 12.4 Å². The fraction of sp³-hybridized carbons (Fsp3) is 0.158. The first-order chi connectivity index (χ1) is 14.0. The van der Waals surface area contributed by atoms with Crippen LogP contribution in [0.5, 0.6) is 5.75 Å². The molecule has 0 spiro atoms. The van der Waals surface area contributed by atoms with E-state index in [0.717, 1.165) is 11.3 Å². The van der Waals surface area contributed by atoms with Crippen molar-refractivity contribution >= 4 is 22.4 Å². The van der Waals surface area contributed by atoms with Crippen molar-refractivity contribution in [3.63, 3.8) is 0 Å². The Hall–Kier alpha value is -3.08.